The molecule has 1 N–H and O–H groups in total. The maximum atomic E-state index is 11.7. The van der Waals surface area contributed by atoms with Gasteiger partial charge in [-0.1, -0.05) is 19.8 Å². The fraction of sp³-hybridized carbons (Fsp3) is 0.667. The van der Waals surface area contributed by atoms with Crippen molar-refractivity contribution >= 4 is 21.6 Å². The first-order chi connectivity index (χ1) is 8.09. The second-order valence-corrected chi connectivity index (χ2v) is 5.64. The largest absolute Gasteiger partial charge is 0.382 e. The molecule has 4 nitrogen and oxygen atoms in total. The molecule has 5 heteroatoms. The number of nitrogens with one attached hydrogen (secondary N) is 1. The summed E-state index contributed by atoms with van der Waals surface area (Å²) in [4.78, 5) is 11.7. The summed E-state index contributed by atoms with van der Waals surface area (Å²) in [5, 5.41) is 7.35. The van der Waals surface area contributed by atoms with Crippen molar-refractivity contribution in [2.24, 2.45) is 18.9 Å². The normalized spacial score (nSPS) is 23.9. The van der Waals surface area contributed by atoms with Crippen LogP contribution in [0.1, 0.15) is 26.2 Å². The van der Waals surface area contributed by atoms with Crippen molar-refractivity contribution in [3.05, 3.63) is 21.0 Å². The maximum Gasteiger partial charge on any atom is 0.282 e. The Kier molecular flexibility index (Phi) is 3.86. The number of nitrogens with zero attached hydrogens (tertiary/aromatic N) is 2. The highest BCUT2D eigenvalue weighted by Crippen LogP contribution is 2.31. The summed E-state index contributed by atoms with van der Waals surface area (Å²) in [6.07, 6.45) is 5.63. The molecule has 0 aliphatic heterocycles. The van der Waals surface area contributed by atoms with E-state index in [2.05, 4.69) is 33.3 Å². The molecule has 1 aromatic heterocycles. The van der Waals surface area contributed by atoms with Crippen LogP contribution in [-0.2, 0) is 7.05 Å². The Hall–Kier alpha value is -0.840. The van der Waals surface area contributed by atoms with Crippen LogP contribution in [0.15, 0.2) is 15.5 Å². The molecular formula is C12H18BrN3O. The van der Waals surface area contributed by atoms with E-state index < -0.39 is 0 Å². The van der Waals surface area contributed by atoms with Gasteiger partial charge in [0.25, 0.3) is 5.56 Å². The number of anilines is 1. The minimum atomic E-state index is -0.102. The van der Waals surface area contributed by atoms with E-state index in [9.17, 15) is 4.79 Å². The van der Waals surface area contributed by atoms with Gasteiger partial charge in [0, 0.05) is 13.6 Å². The summed E-state index contributed by atoms with van der Waals surface area (Å²) in [5.74, 6) is 1.49. The Morgan fingerprint density at radius 2 is 2.35 bits per heavy atom. The zero-order chi connectivity index (χ0) is 12.4. The Balaban J connectivity index is 2.04. The molecular weight excluding hydrogens is 282 g/mol. The van der Waals surface area contributed by atoms with Gasteiger partial charge in [-0.2, -0.15) is 5.10 Å². The van der Waals surface area contributed by atoms with Crippen LogP contribution in [0, 0.1) is 11.8 Å². The summed E-state index contributed by atoms with van der Waals surface area (Å²) in [7, 11) is 1.65. The Morgan fingerprint density at radius 1 is 1.59 bits per heavy atom. The number of halogens is 1. The smallest absolute Gasteiger partial charge is 0.282 e. The third kappa shape index (κ3) is 2.70. The van der Waals surface area contributed by atoms with Gasteiger partial charge in [-0.15, -0.1) is 0 Å². The zero-order valence-electron chi connectivity index (χ0n) is 10.2. The van der Waals surface area contributed by atoms with E-state index in [-0.39, 0.29) is 5.56 Å². The van der Waals surface area contributed by atoms with Crippen LogP contribution >= 0.6 is 15.9 Å². The summed E-state index contributed by atoms with van der Waals surface area (Å²) in [6, 6.07) is 0. The first-order valence-corrected chi connectivity index (χ1v) is 6.84. The van der Waals surface area contributed by atoms with Crippen LogP contribution in [0.3, 0.4) is 0 Å². The third-order valence-electron chi connectivity index (χ3n) is 3.67. The van der Waals surface area contributed by atoms with Crippen LogP contribution in [0.5, 0.6) is 0 Å². The van der Waals surface area contributed by atoms with Crippen LogP contribution in [0.2, 0.25) is 0 Å². The van der Waals surface area contributed by atoms with Gasteiger partial charge in [-0.3, -0.25) is 4.79 Å². The highest BCUT2D eigenvalue weighted by molar-refractivity contribution is 9.10. The Labute approximate surface area is 110 Å². The van der Waals surface area contributed by atoms with E-state index in [1.807, 2.05) is 0 Å². The lowest BCUT2D eigenvalue weighted by molar-refractivity contribution is 0.439. The van der Waals surface area contributed by atoms with Crippen molar-refractivity contribution in [3.63, 3.8) is 0 Å². The zero-order valence-corrected chi connectivity index (χ0v) is 11.8. The first kappa shape index (κ1) is 12.6. The van der Waals surface area contributed by atoms with E-state index in [1.165, 1.54) is 23.9 Å². The second-order valence-electron chi connectivity index (χ2n) is 4.85. The van der Waals surface area contributed by atoms with Gasteiger partial charge in [-0.25, -0.2) is 4.68 Å². The van der Waals surface area contributed by atoms with Gasteiger partial charge in [0.1, 0.15) is 4.47 Å². The molecule has 2 atom stereocenters. The SMILES string of the molecule is CC1CCCC1CNc1cnn(C)c(=O)c1Br. The monoisotopic (exact) mass is 299 g/mol. The van der Waals surface area contributed by atoms with Gasteiger partial charge >= 0.3 is 0 Å². The van der Waals surface area contributed by atoms with E-state index >= 15 is 0 Å². The number of aromatic nitrogens is 2. The topological polar surface area (TPSA) is 46.9 Å². The second kappa shape index (κ2) is 5.21. The molecule has 17 heavy (non-hydrogen) atoms. The van der Waals surface area contributed by atoms with Gasteiger partial charge in [0.2, 0.25) is 0 Å². The molecule has 1 aromatic rings. The number of rotatable bonds is 3. The molecule has 2 rings (SSSR count). The van der Waals surface area contributed by atoms with E-state index in [1.54, 1.807) is 13.2 Å². The first-order valence-electron chi connectivity index (χ1n) is 6.05. The number of aryl methyl sites for hydroxylation is 1. The number of hydrogen-bond acceptors (Lipinski definition) is 3. The van der Waals surface area contributed by atoms with Crippen LogP contribution < -0.4 is 10.9 Å². The standard InChI is InChI=1S/C12H18BrN3O/c1-8-4-3-5-9(8)6-14-10-7-15-16(2)12(17)11(10)13/h7-9,14H,3-6H2,1-2H3. The summed E-state index contributed by atoms with van der Waals surface area (Å²) in [5.41, 5.74) is 0.696. The molecule has 0 bridgehead atoms. The van der Waals surface area contributed by atoms with Crippen molar-refractivity contribution in [1.29, 1.82) is 0 Å². The molecule has 1 saturated carbocycles. The molecule has 0 spiro atoms. The molecule has 1 aliphatic rings. The fourth-order valence-corrected chi connectivity index (χ4v) is 2.90. The molecule has 0 saturated heterocycles. The van der Waals surface area contributed by atoms with Crippen LogP contribution in [0.25, 0.3) is 0 Å². The van der Waals surface area contributed by atoms with Crippen molar-refractivity contribution in [2.75, 3.05) is 11.9 Å². The van der Waals surface area contributed by atoms with Crippen molar-refractivity contribution < 1.29 is 0 Å². The van der Waals surface area contributed by atoms with E-state index in [4.69, 9.17) is 0 Å². The predicted octanol–water partition coefficient (Wildman–Crippen LogP) is 2.39. The van der Waals surface area contributed by atoms with Crippen molar-refractivity contribution in [3.8, 4) is 0 Å². The van der Waals surface area contributed by atoms with Crippen LogP contribution in [0.4, 0.5) is 5.69 Å². The highest BCUT2D eigenvalue weighted by Gasteiger charge is 2.23. The Morgan fingerprint density at radius 3 is 3.00 bits per heavy atom. The van der Waals surface area contributed by atoms with Gasteiger partial charge in [0.05, 0.1) is 11.9 Å². The summed E-state index contributed by atoms with van der Waals surface area (Å²) < 4.78 is 1.90. The van der Waals surface area contributed by atoms with E-state index in [0.717, 1.165) is 18.2 Å². The maximum absolute atomic E-state index is 11.7. The average molecular weight is 300 g/mol. The average Bonchev–Trinajstić information content (AvgIpc) is 2.71. The fourth-order valence-electron chi connectivity index (χ4n) is 2.40. The number of hydrogen-bond donors (Lipinski definition) is 1. The molecule has 2 unspecified atom stereocenters. The molecule has 0 aromatic carbocycles. The lowest BCUT2D eigenvalue weighted by Crippen LogP contribution is -2.23. The molecule has 0 amide bonds. The molecule has 1 fully saturated rings. The van der Waals surface area contributed by atoms with Gasteiger partial charge < -0.3 is 5.32 Å². The van der Waals surface area contributed by atoms with Crippen molar-refractivity contribution in [2.45, 2.75) is 26.2 Å². The summed E-state index contributed by atoms with van der Waals surface area (Å²) >= 11 is 3.32. The molecule has 1 aliphatic carbocycles. The van der Waals surface area contributed by atoms with E-state index in [0.29, 0.717) is 10.4 Å². The Bertz CT molecular complexity index is 458. The quantitative estimate of drug-likeness (QED) is 0.932. The van der Waals surface area contributed by atoms with Crippen molar-refractivity contribution in [1.82, 2.24) is 9.78 Å². The minimum absolute atomic E-state index is 0.102. The van der Waals surface area contributed by atoms with Gasteiger partial charge in [0.15, 0.2) is 0 Å². The van der Waals surface area contributed by atoms with Crippen LogP contribution in [-0.4, -0.2) is 16.3 Å². The summed E-state index contributed by atoms with van der Waals surface area (Å²) in [6.45, 7) is 3.23. The minimum Gasteiger partial charge on any atom is -0.382 e. The molecule has 94 valence electrons. The lowest BCUT2D eigenvalue weighted by atomic mass is 9.98. The predicted molar refractivity (Wildman–Crippen MR) is 72.2 cm³/mol. The van der Waals surface area contributed by atoms with Gasteiger partial charge in [-0.05, 0) is 34.2 Å². The molecule has 1 heterocycles. The third-order valence-corrected chi connectivity index (χ3v) is 4.44. The lowest BCUT2D eigenvalue weighted by Gasteiger charge is -2.17. The molecule has 0 radical (unpaired) electrons. The highest BCUT2D eigenvalue weighted by atomic mass is 79.9.